The molecule has 0 bridgehead atoms. The number of aromatic nitrogens is 1. The number of hydrogen-bond donors (Lipinski definition) is 1. The van der Waals surface area contributed by atoms with Crippen LogP contribution in [0.2, 0.25) is 0 Å². The van der Waals surface area contributed by atoms with Crippen molar-refractivity contribution in [3.63, 3.8) is 0 Å². The molecule has 0 amide bonds. The first kappa shape index (κ1) is 11.9. The molecule has 88 valence electrons. The standard InChI is InChI=1S/C12H18BrN3/c1-16-6-4-10(5-7-16)8-14-12-3-2-11(13)9-15-12/h2-3,9-10H,4-8H2,1H3,(H,14,15). The number of halogens is 1. The Kier molecular flexibility index (Phi) is 4.18. The van der Waals surface area contributed by atoms with Crippen molar-refractivity contribution in [1.82, 2.24) is 9.88 Å². The second-order valence-electron chi connectivity index (χ2n) is 4.49. The second kappa shape index (κ2) is 5.64. The molecule has 0 spiro atoms. The van der Waals surface area contributed by atoms with Crippen molar-refractivity contribution in [2.45, 2.75) is 12.8 Å². The summed E-state index contributed by atoms with van der Waals surface area (Å²) in [6.07, 6.45) is 4.41. The summed E-state index contributed by atoms with van der Waals surface area (Å²) in [6.45, 7) is 3.49. The highest BCUT2D eigenvalue weighted by molar-refractivity contribution is 9.10. The number of nitrogens with zero attached hydrogens (tertiary/aromatic N) is 2. The molecule has 2 rings (SSSR count). The molecule has 1 saturated heterocycles. The molecular weight excluding hydrogens is 266 g/mol. The molecule has 1 aromatic rings. The summed E-state index contributed by atoms with van der Waals surface area (Å²) in [5.74, 6) is 1.77. The first-order chi connectivity index (χ1) is 7.74. The van der Waals surface area contributed by atoms with Gasteiger partial charge in [-0.2, -0.15) is 0 Å². The smallest absolute Gasteiger partial charge is 0.125 e. The molecule has 16 heavy (non-hydrogen) atoms. The minimum Gasteiger partial charge on any atom is -0.370 e. The monoisotopic (exact) mass is 283 g/mol. The number of rotatable bonds is 3. The van der Waals surface area contributed by atoms with E-state index in [0.717, 1.165) is 22.8 Å². The van der Waals surface area contributed by atoms with Gasteiger partial charge in [-0.15, -0.1) is 0 Å². The van der Waals surface area contributed by atoms with E-state index in [0.29, 0.717) is 0 Å². The molecule has 1 aliphatic heterocycles. The van der Waals surface area contributed by atoms with Crippen molar-refractivity contribution in [2.75, 3.05) is 32.0 Å². The van der Waals surface area contributed by atoms with Gasteiger partial charge in [0.05, 0.1) is 0 Å². The van der Waals surface area contributed by atoms with Crippen LogP contribution < -0.4 is 5.32 Å². The third-order valence-corrected chi connectivity index (χ3v) is 3.61. The van der Waals surface area contributed by atoms with Crippen LogP contribution in [0.15, 0.2) is 22.8 Å². The summed E-state index contributed by atoms with van der Waals surface area (Å²) in [4.78, 5) is 6.71. The van der Waals surface area contributed by atoms with Crippen LogP contribution in [0.4, 0.5) is 5.82 Å². The van der Waals surface area contributed by atoms with Crippen molar-refractivity contribution in [1.29, 1.82) is 0 Å². The van der Waals surface area contributed by atoms with Gasteiger partial charge < -0.3 is 10.2 Å². The van der Waals surface area contributed by atoms with E-state index in [4.69, 9.17) is 0 Å². The maximum atomic E-state index is 4.31. The van der Waals surface area contributed by atoms with Gasteiger partial charge in [0, 0.05) is 17.2 Å². The fourth-order valence-corrected chi connectivity index (χ4v) is 2.23. The Hall–Kier alpha value is -0.610. The molecular formula is C12H18BrN3. The number of hydrogen-bond acceptors (Lipinski definition) is 3. The fourth-order valence-electron chi connectivity index (χ4n) is 2.00. The normalized spacial score (nSPS) is 18.6. The molecule has 0 radical (unpaired) electrons. The topological polar surface area (TPSA) is 28.2 Å². The van der Waals surface area contributed by atoms with E-state index >= 15 is 0 Å². The average Bonchev–Trinajstić information content (AvgIpc) is 2.30. The SMILES string of the molecule is CN1CCC(CNc2ccc(Br)cn2)CC1. The van der Waals surface area contributed by atoms with Gasteiger partial charge in [-0.3, -0.25) is 0 Å². The summed E-state index contributed by atoms with van der Waals surface area (Å²) in [5.41, 5.74) is 0. The van der Waals surface area contributed by atoms with Crippen LogP contribution in [0, 0.1) is 5.92 Å². The van der Waals surface area contributed by atoms with Crippen molar-refractivity contribution in [3.05, 3.63) is 22.8 Å². The van der Waals surface area contributed by atoms with Crippen LogP contribution in [0.25, 0.3) is 0 Å². The predicted octanol–water partition coefficient (Wildman–Crippen LogP) is 2.60. The van der Waals surface area contributed by atoms with Crippen LogP contribution >= 0.6 is 15.9 Å². The Morgan fingerprint density at radius 3 is 2.81 bits per heavy atom. The Balaban J connectivity index is 1.77. The third-order valence-electron chi connectivity index (χ3n) is 3.14. The number of pyridine rings is 1. The predicted molar refractivity (Wildman–Crippen MR) is 70.6 cm³/mol. The molecule has 0 unspecified atom stereocenters. The zero-order valence-electron chi connectivity index (χ0n) is 9.62. The molecule has 1 aromatic heterocycles. The Morgan fingerprint density at radius 1 is 1.44 bits per heavy atom. The molecule has 1 N–H and O–H groups in total. The van der Waals surface area contributed by atoms with Crippen LogP contribution in [0.5, 0.6) is 0 Å². The summed E-state index contributed by atoms with van der Waals surface area (Å²) in [6, 6.07) is 4.03. The molecule has 3 nitrogen and oxygen atoms in total. The van der Waals surface area contributed by atoms with Crippen LogP contribution in [-0.4, -0.2) is 36.6 Å². The van der Waals surface area contributed by atoms with Crippen LogP contribution in [-0.2, 0) is 0 Å². The van der Waals surface area contributed by atoms with Crippen molar-refractivity contribution in [2.24, 2.45) is 5.92 Å². The quantitative estimate of drug-likeness (QED) is 0.924. The summed E-state index contributed by atoms with van der Waals surface area (Å²) in [5, 5.41) is 3.41. The molecule has 0 aromatic carbocycles. The van der Waals surface area contributed by atoms with Gasteiger partial charge in [-0.25, -0.2) is 4.98 Å². The number of likely N-dealkylation sites (tertiary alicyclic amines) is 1. The summed E-state index contributed by atoms with van der Waals surface area (Å²) < 4.78 is 1.03. The zero-order valence-corrected chi connectivity index (χ0v) is 11.2. The molecule has 0 atom stereocenters. The number of piperidine rings is 1. The van der Waals surface area contributed by atoms with Crippen LogP contribution in [0.1, 0.15) is 12.8 Å². The second-order valence-corrected chi connectivity index (χ2v) is 5.40. The van der Waals surface area contributed by atoms with E-state index in [9.17, 15) is 0 Å². The van der Waals surface area contributed by atoms with Gasteiger partial charge in [0.1, 0.15) is 5.82 Å². The van der Waals surface area contributed by atoms with Gasteiger partial charge in [0.15, 0.2) is 0 Å². The molecule has 4 heteroatoms. The number of anilines is 1. The van der Waals surface area contributed by atoms with Gasteiger partial charge in [-0.05, 0) is 67.0 Å². The van der Waals surface area contributed by atoms with E-state index in [1.54, 1.807) is 0 Å². The highest BCUT2D eigenvalue weighted by atomic mass is 79.9. The summed E-state index contributed by atoms with van der Waals surface area (Å²) >= 11 is 3.38. The van der Waals surface area contributed by atoms with E-state index < -0.39 is 0 Å². The zero-order chi connectivity index (χ0) is 11.4. The lowest BCUT2D eigenvalue weighted by atomic mass is 9.97. The van der Waals surface area contributed by atoms with E-state index in [2.05, 4.69) is 38.2 Å². The van der Waals surface area contributed by atoms with E-state index in [1.165, 1.54) is 25.9 Å². The minimum absolute atomic E-state index is 0.793. The highest BCUT2D eigenvalue weighted by Gasteiger charge is 2.16. The molecule has 0 aliphatic carbocycles. The highest BCUT2D eigenvalue weighted by Crippen LogP contribution is 2.17. The van der Waals surface area contributed by atoms with Gasteiger partial charge >= 0.3 is 0 Å². The first-order valence-electron chi connectivity index (χ1n) is 5.78. The molecule has 1 fully saturated rings. The Labute approximate surface area is 105 Å². The Morgan fingerprint density at radius 2 is 2.19 bits per heavy atom. The molecule has 0 saturated carbocycles. The lowest BCUT2D eigenvalue weighted by Crippen LogP contribution is -2.33. The van der Waals surface area contributed by atoms with Gasteiger partial charge in [0.2, 0.25) is 0 Å². The maximum Gasteiger partial charge on any atom is 0.125 e. The lowest BCUT2D eigenvalue weighted by Gasteiger charge is -2.29. The van der Waals surface area contributed by atoms with E-state index in [1.807, 2.05) is 18.3 Å². The maximum absolute atomic E-state index is 4.31. The van der Waals surface area contributed by atoms with Crippen molar-refractivity contribution < 1.29 is 0 Å². The van der Waals surface area contributed by atoms with Crippen molar-refractivity contribution in [3.8, 4) is 0 Å². The molecule has 2 heterocycles. The van der Waals surface area contributed by atoms with Gasteiger partial charge in [-0.1, -0.05) is 0 Å². The lowest BCUT2D eigenvalue weighted by molar-refractivity contribution is 0.226. The van der Waals surface area contributed by atoms with Gasteiger partial charge in [0.25, 0.3) is 0 Å². The van der Waals surface area contributed by atoms with Crippen molar-refractivity contribution >= 4 is 21.7 Å². The minimum atomic E-state index is 0.793. The largest absolute Gasteiger partial charge is 0.370 e. The Bertz CT molecular complexity index is 318. The third kappa shape index (κ3) is 3.46. The molecule has 1 aliphatic rings. The summed E-state index contributed by atoms with van der Waals surface area (Å²) in [7, 11) is 2.19. The average molecular weight is 284 g/mol. The van der Waals surface area contributed by atoms with Crippen LogP contribution in [0.3, 0.4) is 0 Å². The fraction of sp³-hybridized carbons (Fsp3) is 0.583. The van der Waals surface area contributed by atoms with E-state index in [-0.39, 0.29) is 0 Å². The first-order valence-corrected chi connectivity index (χ1v) is 6.57. The number of nitrogens with one attached hydrogen (secondary N) is 1.